The van der Waals surface area contributed by atoms with Crippen molar-refractivity contribution in [1.82, 2.24) is 0 Å². The van der Waals surface area contributed by atoms with Crippen molar-refractivity contribution in [1.29, 1.82) is 0 Å². The molecule has 0 radical (unpaired) electrons. The highest BCUT2D eigenvalue weighted by atomic mass is 35.5. The van der Waals surface area contributed by atoms with E-state index in [4.69, 9.17) is 16.3 Å². The van der Waals surface area contributed by atoms with Gasteiger partial charge in [0.25, 0.3) is 0 Å². The zero-order chi connectivity index (χ0) is 23.1. The van der Waals surface area contributed by atoms with Crippen LogP contribution in [0.25, 0.3) is 0 Å². The summed E-state index contributed by atoms with van der Waals surface area (Å²) in [7, 11) is 0. The number of esters is 1. The Balaban J connectivity index is 1.25. The third-order valence-corrected chi connectivity index (χ3v) is 6.74. The van der Waals surface area contributed by atoms with Gasteiger partial charge in [0.15, 0.2) is 0 Å². The molecule has 33 heavy (non-hydrogen) atoms. The average Bonchev–Trinajstić information content (AvgIpc) is 3.33. The van der Waals surface area contributed by atoms with Crippen LogP contribution in [0.2, 0.25) is 5.02 Å². The number of nitrogens with zero attached hydrogens (tertiary/aromatic N) is 2. The summed E-state index contributed by atoms with van der Waals surface area (Å²) in [5, 5.41) is 0.442. The van der Waals surface area contributed by atoms with Crippen molar-refractivity contribution in [3.05, 3.63) is 65.7 Å². The molecule has 1 aliphatic carbocycles. The molecule has 168 valence electrons. The van der Waals surface area contributed by atoms with Crippen molar-refractivity contribution in [3.63, 3.8) is 0 Å². The van der Waals surface area contributed by atoms with E-state index < -0.39 is 11.9 Å². The summed E-state index contributed by atoms with van der Waals surface area (Å²) >= 11 is 6.19. The fourth-order valence-electron chi connectivity index (χ4n) is 4.69. The molecule has 2 fully saturated rings. The zero-order valence-corrected chi connectivity index (χ0v) is 18.4. The Morgan fingerprint density at radius 1 is 0.909 bits per heavy atom. The number of halogens is 1. The van der Waals surface area contributed by atoms with Crippen LogP contribution in [-0.2, 0) is 19.2 Å². The number of hydrogen-bond donors (Lipinski definition) is 0. The van der Waals surface area contributed by atoms with E-state index in [1.165, 1.54) is 9.80 Å². The first-order valence-corrected chi connectivity index (χ1v) is 11.2. The van der Waals surface area contributed by atoms with Gasteiger partial charge >= 0.3 is 5.97 Å². The largest absolute Gasteiger partial charge is 0.426 e. The second-order valence-electron chi connectivity index (χ2n) is 8.44. The summed E-state index contributed by atoms with van der Waals surface area (Å²) in [6.45, 7) is 0.188. The molecule has 3 atom stereocenters. The lowest BCUT2D eigenvalue weighted by Gasteiger charge is -2.18. The summed E-state index contributed by atoms with van der Waals surface area (Å²) in [5.41, 5.74) is 1.03. The maximum absolute atomic E-state index is 12.7. The van der Waals surface area contributed by atoms with Gasteiger partial charge in [-0.3, -0.25) is 24.1 Å². The van der Waals surface area contributed by atoms with Gasteiger partial charge < -0.3 is 9.64 Å². The molecule has 0 aromatic heterocycles. The molecule has 2 heterocycles. The molecule has 5 rings (SSSR count). The van der Waals surface area contributed by atoms with Gasteiger partial charge in [-0.1, -0.05) is 35.9 Å². The number of rotatable bonds is 4. The van der Waals surface area contributed by atoms with Crippen LogP contribution in [0, 0.1) is 17.8 Å². The number of anilines is 2. The van der Waals surface area contributed by atoms with E-state index in [1.54, 1.807) is 48.5 Å². The van der Waals surface area contributed by atoms with Crippen molar-refractivity contribution in [2.75, 3.05) is 16.3 Å². The van der Waals surface area contributed by atoms with Gasteiger partial charge in [-0.25, -0.2) is 0 Å². The molecular weight excluding hydrogens is 444 g/mol. The lowest BCUT2D eigenvalue weighted by molar-refractivity contribution is -0.139. The summed E-state index contributed by atoms with van der Waals surface area (Å²) in [6, 6.07) is 13.3. The SMILES string of the molecule is O=C(Oc1ccc(N2C(=O)[C@H]3CC=CC[C@H]3C2=O)cc1)[C@H]1CC(=O)N(c2ccccc2Cl)C1. The molecule has 0 saturated carbocycles. The summed E-state index contributed by atoms with van der Waals surface area (Å²) < 4.78 is 5.48. The Labute approximate surface area is 195 Å². The minimum Gasteiger partial charge on any atom is -0.426 e. The van der Waals surface area contributed by atoms with Crippen molar-refractivity contribution in [2.24, 2.45) is 17.8 Å². The summed E-state index contributed by atoms with van der Waals surface area (Å²) in [4.78, 5) is 53.3. The lowest BCUT2D eigenvalue weighted by Crippen LogP contribution is -2.30. The Kier molecular flexibility index (Phi) is 5.50. The predicted molar refractivity (Wildman–Crippen MR) is 122 cm³/mol. The molecular formula is C25H21ClN2O5. The molecule has 0 spiro atoms. The van der Waals surface area contributed by atoms with Crippen LogP contribution in [-0.4, -0.2) is 30.2 Å². The third-order valence-electron chi connectivity index (χ3n) is 6.42. The van der Waals surface area contributed by atoms with Gasteiger partial charge in [0.05, 0.1) is 34.2 Å². The van der Waals surface area contributed by atoms with Crippen LogP contribution in [0.4, 0.5) is 11.4 Å². The monoisotopic (exact) mass is 464 g/mol. The highest BCUT2D eigenvalue weighted by molar-refractivity contribution is 6.33. The first-order chi connectivity index (χ1) is 15.9. The molecule has 2 aliphatic heterocycles. The van der Waals surface area contributed by atoms with E-state index in [9.17, 15) is 19.2 Å². The minimum absolute atomic E-state index is 0.0374. The number of hydrogen-bond acceptors (Lipinski definition) is 5. The minimum atomic E-state index is -0.620. The van der Waals surface area contributed by atoms with E-state index in [-0.39, 0.29) is 48.3 Å². The molecule has 3 aliphatic rings. The molecule has 0 unspecified atom stereocenters. The number of amides is 3. The molecule has 0 bridgehead atoms. The normalized spacial score (nSPS) is 24.4. The van der Waals surface area contributed by atoms with Crippen LogP contribution in [0.3, 0.4) is 0 Å². The Morgan fingerprint density at radius 3 is 2.18 bits per heavy atom. The topological polar surface area (TPSA) is 84.0 Å². The van der Waals surface area contributed by atoms with E-state index in [0.717, 1.165) is 0 Å². The van der Waals surface area contributed by atoms with Gasteiger partial charge in [0.1, 0.15) is 5.75 Å². The molecule has 2 aromatic rings. The highest BCUT2D eigenvalue weighted by Gasteiger charge is 2.47. The van der Waals surface area contributed by atoms with Crippen molar-refractivity contribution < 1.29 is 23.9 Å². The third kappa shape index (κ3) is 3.82. The number of ether oxygens (including phenoxy) is 1. The molecule has 7 nitrogen and oxygen atoms in total. The van der Waals surface area contributed by atoms with Crippen molar-refractivity contribution in [3.8, 4) is 5.75 Å². The first-order valence-electron chi connectivity index (χ1n) is 10.8. The Bertz CT molecular complexity index is 1150. The number of allylic oxidation sites excluding steroid dienone is 2. The number of para-hydroxylation sites is 1. The number of carbonyl (C=O) groups is 4. The first kappa shape index (κ1) is 21.4. The van der Waals surface area contributed by atoms with Gasteiger partial charge in [0, 0.05) is 13.0 Å². The second-order valence-corrected chi connectivity index (χ2v) is 8.85. The predicted octanol–water partition coefficient (Wildman–Crippen LogP) is 3.75. The van der Waals surface area contributed by atoms with Crippen LogP contribution in [0.1, 0.15) is 19.3 Å². The van der Waals surface area contributed by atoms with Crippen molar-refractivity contribution >= 4 is 46.7 Å². The maximum atomic E-state index is 12.7. The molecule has 2 aromatic carbocycles. The number of benzene rings is 2. The van der Waals surface area contributed by atoms with Crippen LogP contribution in [0.15, 0.2) is 60.7 Å². The second kappa shape index (κ2) is 8.48. The molecule has 0 N–H and O–H groups in total. The van der Waals surface area contributed by atoms with Crippen LogP contribution in [0.5, 0.6) is 5.75 Å². The number of fused-ring (bicyclic) bond motifs is 1. The van der Waals surface area contributed by atoms with Crippen LogP contribution >= 0.6 is 11.6 Å². The zero-order valence-electron chi connectivity index (χ0n) is 17.6. The molecule has 8 heteroatoms. The smallest absolute Gasteiger partial charge is 0.316 e. The number of carbonyl (C=O) groups excluding carboxylic acids is 4. The average molecular weight is 465 g/mol. The van der Waals surface area contributed by atoms with Gasteiger partial charge in [-0.2, -0.15) is 0 Å². The van der Waals surface area contributed by atoms with E-state index in [1.807, 2.05) is 12.2 Å². The van der Waals surface area contributed by atoms with E-state index in [2.05, 4.69) is 0 Å². The fourth-order valence-corrected chi connectivity index (χ4v) is 4.92. The fraction of sp³-hybridized carbons (Fsp3) is 0.280. The highest BCUT2D eigenvalue weighted by Crippen LogP contribution is 2.38. The number of imide groups is 1. The maximum Gasteiger partial charge on any atom is 0.316 e. The quantitative estimate of drug-likeness (QED) is 0.298. The Morgan fingerprint density at radius 2 is 1.55 bits per heavy atom. The van der Waals surface area contributed by atoms with Gasteiger partial charge in [-0.15, -0.1) is 0 Å². The molecule has 2 saturated heterocycles. The summed E-state index contributed by atoms with van der Waals surface area (Å²) in [5.74, 6) is -2.04. The van der Waals surface area contributed by atoms with Gasteiger partial charge in [0.2, 0.25) is 17.7 Å². The lowest BCUT2D eigenvalue weighted by atomic mass is 9.85. The van der Waals surface area contributed by atoms with Crippen molar-refractivity contribution in [2.45, 2.75) is 19.3 Å². The van der Waals surface area contributed by atoms with Gasteiger partial charge in [-0.05, 0) is 49.2 Å². The standard InChI is InChI=1S/C25H21ClN2O5/c26-20-7-3-4-8-21(20)27-14-15(13-22(27)29)25(32)33-17-11-9-16(10-12-17)28-23(30)18-5-1-2-6-19(18)24(28)31/h1-4,7-12,15,18-19H,5-6,13-14H2/t15-,18-,19+/m0/s1. The Hall–Kier alpha value is -3.45. The summed E-state index contributed by atoms with van der Waals surface area (Å²) in [6.07, 6.45) is 5.08. The van der Waals surface area contributed by atoms with Crippen LogP contribution < -0.4 is 14.5 Å². The van der Waals surface area contributed by atoms with E-state index >= 15 is 0 Å². The molecule has 3 amide bonds. The van der Waals surface area contributed by atoms with E-state index in [0.29, 0.717) is 29.2 Å².